The first-order chi connectivity index (χ1) is 10.2. The summed E-state index contributed by atoms with van der Waals surface area (Å²) in [7, 11) is 1.82. The summed E-state index contributed by atoms with van der Waals surface area (Å²) in [6.45, 7) is 0.541. The van der Waals surface area contributed by atoms with E-state index in [1.54, 1.807) is 11.1 Å². The number of anilines is 2. The van der Waals surface area contributed by atoms with Gasteiger partial charge in [-0.2, -0.15) is 0 Å². The van der Waals surface area contributed by atoms with E-state index in [-0.39, 0.29) is 12.5 Å². The molecular weight excluding hydrogens is 334 g/mol. The summed E-state index contributed by atoms with van der Waals surface area (Å²) < 4.78 is 6.37. The van der Waals surface area contributed by atoms with Gasteiger partial charge in [-0.05, 0) is 29.8 Å². The second-order valence-electron chi connectivity index (χ2n) is 4.68. The van der Waals surface area contributed by atoms with Crippen LogP contribution >= 0.6 is 15.9 Å². The number of benzene rings is 1. The summed E-state index contributed by atoms with van der Waals surface area (Å²) >= 11 is 3.43. The molecule has 1 aliphatic rings. The van der Waals surface area contributed by atoms with Crippen molar-refractivity contribution in [3.8, 4) is 5.75 Å². The van der Waals surface area contributed by atoms with Crippen LogP contribution in [0, 0.1) is 0 Å². The lowest BCUT2D eigenvalue weighted by Crippen LogP contribution is -2.38. The summed E-state index contributed by atoms with van der Waals surface area (Å²) in [6.07, 6.45) is 1.77. The van der Waals surface area contributed by atoms with E-state index in [1.807, 2.05) is 37.4 Å². The van der Waals surface area contributed by atoms with Crippen LogP contribution in [0.5, 0.6) is 5.75 Å². The normalized spacial score (nSPS) is 13.6. The number of hydrogen-bond acceptors (Lipinski definition) is 4. The number of amides is 1. The molecule has 2 aromatic rings. The van der Waals surface area contributed by atoms with E-state index >= 15 is 0 Å². The van der Waals surface area contributed by atoms with Gasteiger partial charge in [0.15, 0.2) is 6.61 Å². The number of carbonyl (C=O) groups excluding carboxylic acids is 1. The highest BCUT2D eigenvalue weighted by atomic mass is 79.9. The van der Waals surface area contributed by atoms with Gasteiger partial charge in [-0.15, -0.1) is 0 Å². The molecule has 0 aliphatic carbocycles. The number of rotatable bonds is 3. The van der Waals surface area contributed by atoms with Crippen LogP contribution in [-0.2, 0) is 11.3 Å². The molecule has 0 spiro atoms. The highest BCUT2D eigenvalue weighted by Gasteiger charge is 2.25. The standard InChI is InChI=1S/C15H14BrN3O2/c1-17-14-5-2-10(7-18-14)8-19-12-6-11(16)3-4-13(12)21-9-15(19)20/h2-7H,8-9H2,1H3,(H,17,18). The first-order valence-corrected chi connectivity index (χ1v) is 7.32. The lowest BCUT2D eigenvalue weighted by atomic mass is 10.2. The highest BCUT2D eigenvalue weighted by Crippen LogP contribution is 2.35. The number of hydrogen-bond donors (Lipinski definition) is 1. The van der Waals surface area contributed by atoms with E-state index in [4.69, 9.17) is 4.74 Å². The highest BCUT2D eigenvalue weighted by molar-refractivity contribution is 9.10. The molecule has 3 rings (SSSR count). The van der Waals surface area contributed by atoms with Crippen LogP contribution in [0.4, 0.5) is 11.5 Å². The Balaban J connectivity index is 1.90. The van der Waals surface area contributed by atoms with Crippen LogP contribution in [0.2, 0.25) is 0 Å². The molecule has 108 valence electrons. The van der Waals surface area contributed by atoms with Crippen LogP contribution in [-0.4, -0.2) is 24.5 Å². The molecule has 1 N–H and O–H groups in total. The smallest absolute Gasteiger partial charge is 0.265 e. The molecule has 0 bridgehead atoms. The predicted molar refractivity (Wildman–Crippen MR) is 84.6 cm³/mol. The molecule has 1 aliphatic heterocycles. The van der Waals surface area contributed by atoms with Crippen molar-refractivity contribution in [1.29, 1.82) is 0 Å². The molecule has 0 saturated carbocycles. The van der Waals surface area contributed by atoms with E-state index in [0.717, 1.165) is 27.3 Å². The Morgan fingerprint density at radius 1 is 1.38 bits per heavy atom. The number of carbonyl (C=O) groups is 1. The number of pyridine rings is 1. The summed E-state index contributed by atoms with van der Waals surface area (Å²) in [5, 5.41) is 2.97. The maximum Gasteiger partial charge on any atom is 0.265 e. The third-order valence-corrected chi connectivity index (χ3v) is 3.78. The number of ether oxygens (including phenoxy) is 1. The Bertz CT molecular complexity index is 673. The van der Waals surface area contributed by atoms with Crippen molar-refractivity contribution in [3.63, 3.8) is 0 Å². The van der Waals surface area contributed by atoms with E-state index in [2.05, 4.69) is 26.2 Å². The Kier molecular flexibility index (Phi) is 3.79. The molecule has 0 radical (unpaired) electrons. The van der Waals surface area contributed by atoms with Gasteiger partial charge in [-0.25, -0.2) is 4.98 Å². The number of aromatic nitrogens is 1. The lowest BCUT2D eigenvalue weighted by molar-refractivity contribution is -0.121. The zero-order valence-corrected chi connectivity index (χ0v) is 13.1. The van der Waals surface area contributed by atoms with Gasteiger partial charge in [0.1, 0.15) is 11.6 Å². The maximum absolute atomic E-state index is 12.1. The largest absolute Gasteiger partial charge is 0.482 e. The molecule has 1 aromatic carbocycles. The van der Waals surface area contributed by atoms with Gasteiger partial charge in [0.25, 0.3) is 5.91 Å². The van der Waals surface area contributed by atoms with E-state index in [1.165, 1.54) is 0 Å². The lowest BCUT2D eigenvalue weighted by Gasteiger charge is -2.29. The molecule has 0 unspecified atom stereocenters. The molecular formula is C15H14BrN3O2. The second kappa shape index (κ2) is 5.73. The number of halogens is 1. The topological polar surface area (TPSA) is 54.5 Å². The van der Waals surface area contributed by atoms with E-state index < -0.39 is 0 Å². The molecule has 21 heavy (non-hydrogen) atoms. The maximum atomic E-state index is 12.1. The van der Waals surface area contributed by atoms with Crippen LogP contribution in [0.15, 0.2) is 41.0 Å². The SMILES string of the molecule is CNc1ccc(CN2C(=O)COc3ccc(Br)cc32)cn1. The van der Waals surface area contributed by atoms with Crippen molar-refractivity contribution in [1.82, 2.24) is 4.98 Å². The van der Waals surface area contributed by atoms with Crippen molar-refractivity contribution in [2.24, 2.45) is 0 Å². The molecule has 1 aromatic heterocycles. The first kappa shape index (κ1) is 13.9. The minimum absolute atomic E-state index is 0.0571. The average Bonchev–Trinajstić information content (AvgIpc) is 2.51. The Labute approximate surface area is 131 Å². The fourth-order valence-electron chi connectivity index (χ4n) is 2.20. The third kappa shape index (κ3) is 2.85. The molecule has 6 heteroatoms. The number of fused-ring (bicyclic) bond motifs is 1. The van der Waals surface area contributed by atoms with Crippen LogP contribution in [0.25, 0.3) is 0 Å². The fraction of sp³-hybridized carbons (Fsp3) is 0.200. The Hall–Kier alpha value is -2.08. The van der Waals surface area contributed by atoms with Crippen molar-refractivity contribution in [3.05, 3.63) is 46.6 Å². The van der Waals surface area contributed by atoms with Crippen LogP contribution in [0.3, 0.4) is 0 Å². The second-order valence-corrected chi connectivity index (χ2v) is 5.60. The van der Waals surface area contributed by atoms with E-state index in [0.29, 0.717) is 6.54 Å². The summed E-state index contributed by atoms with van der Waals surface area (Å²) in [5.74, 6) is 1.46. The monoisotopic (exact) mass is 347 g/mol. The van der Waals surface area contributed by atoms with Crippen molar-refractivity contribution >= 4 is 33.3 Å². The Morgan fingerprint density at radius 2 is 2.24 bits per heavy atom. The van der Waals surface area contributed by atoms with Gasteiger partial charge in [-0.1, -0.05) is 22.0 Å². The van der Waals surface area contributed by atoms with Crippen molar-refractivity contribution in [2.75, 3.05) is 23.9 Å². The molecule has 0 fully saturated rings. The molecule has 0 atom stereocenters. The van der Waals surface area contributed by atoms with Gasteiger partial charge in [0.05, 0.1) is 12.2 Å². The number of nitrogens with one attached hydrogen (secondary N) is 1. The third-order valence-electron chi connectivity index (χ3n) is 3.29. The number of nitrogens with zero attached hydrogens (tertiary/aromatic N) is 2. The van der Waals surface area contributed by atoms with Gasteiger partial charge < -0.3 is 15.0 Å². The van der Waals surface area contributed by atoms with Crippen molar-refractivity contribution in [2.45, 2.75) is 6.54 Å². The molecule has 5 nitrogen and oxygen atoms in total. The summed E-state index contributed by atoms with van der Waals surface area (Å²) in [4.78, 5) is 18.1. The minimum Gasteiger partial charge on any atom is -0.482 e. The quantitative estimate of drug-likeness (QED) is 0.927. The molecule has 1 amide bonds. The van der Waals surface area contributed by atoms with Gasteiger partial charge >= 0.3 is 0 Å². The minimum atomic E-state index is -0.0571. The van der Waals surface area contributed by atoms with Gasteiger partial charge in [-0.3, -0.25) is 4.79 Å². The predicted octanol–water partition coefficient (Wildman–Crippen LogP) is 2.81. The molecule has 2 heterocycles. The molecule has 0 saturated heterocycles. The fourth-order valence-corrected chi connectivity index (χ4v) is 2.55. The van der Waals surface area contributed by atoms with Gasteiger partial charge in [0, 0.05) is 17.7 Å². The summed E-state index contributed by atoms with van der Waals surface area (Å²) in [6, 6.07) is 9.50. The first-order valence-electron chi connectivity index (χ1n) is 6.53. The van der Waals surface area contributed by atoms with Crippen LogP contribution in [0.1, 0.15) is 5.56 Å². The van der Waals surface area contributed by atoms with Gasteiger partial charge in [0.2, 0.25) is 0 Å². The Morgan fingerprint density at radius 3 is 2.95 bits per heavy atom. The van der Waals surface area contributed by atoms with Crippen molar-refractivity contribution < 1.29 is 9.53 Å². The summed E-state index contributed by atoms with van der Waals surface area (Å²) in [5.41, 5.74) is 1.74. The zero-order valence-electron chi connectivity index (χ0n) is 11.5. The van der Waals surface area contributed by atoms with E-state index in [9.17, 15) is 4.79 Å². The van der Waals surface area contributed by atoms with Crippen LogP contribution < -0.4 is 15.0 Å². The average molecular weight is 348 g/mol. The zero-order chi connectivity index (χ0) is 14.8.